The fourth-order valence-electron chi connectivity index (χ4n) is 2.73. The Labute approximate surface area is 139 Å². The van der Waals surface area contributed by atoms with Gasteiger partial charge in [-0.1, -0.05) is 36.7 Å². The largest absolute Gasteiger partial charge is 0.355 e. The highest BCUT2D eigenvalue weighted by Crippen LogP contribution is 2.30. The van der Waals surface area contributed by atoms with Crippen molar-refractivity contribution in [2.24, 2.45) is 0 Å². The molecule has 0 bridgehead atoms. The number of para-hydroxylation sites is 1. The van der Waals surface area contributed by atoms with Gasteiger partial charge in [0.05, 0.1) is 20.5 Å². The van der Waals surface area contributed by atoms with Crippen LogP contribution in [0.2, 0.25) is 0 Å². The standard InChI is InChI=1S/C16H14INSi2/c1-2-3-6-10-12-9-7-4-5-8-11(9)18-14(12)16(20)15(19)13(10)17/h4-5,7-8,18H,2-3,6H2,1H3. The van der Waals surface area contributed by atoms with E-state index in [1.165, 1.54) is 43.8 Å². The summed E-state index contributed by atoms with van der Waals surface area (Å²) in [6.07, 6.45) is 3.56. The van der Waals surface area contributed by atoms with Gasteiger partial charge in [-0.15, -0.1) is 0 Å². The van der Waals surface area contributed by atoms with Crippen molar-refractivity contribution in [3.63, 3.8) is 0 Å². The third-order valence-electron chi connectivity index (χ3n) is 3.77. The first kappa shape index (κ1) is 14.3. The number of H-pyrrole nitrogens is 1. The number of aromatic amines is 1. The third-order valence-corrected chi connectivity index (χ3v) is 6.72. The molecule has 0 saturated carbocycles. The monoisotopic (exact) mass is 403 g/mol. The average Bonchev–Trinajstić information content (AvgIpc) is 2.85. The maximum atomic E-state index is 3.78. The Morgan fingerprint density at radius 1 is 1.15 bits per heavy atom. The summed E-state index contributed by atoms with van der Waals surface area (Å²) in [6, 6.07) is 8.54. The van der Waals surface area contributed by atoms with E-state index in [-0.39, 0.29) is 0 Å². The van der Waals surface area contributed by atoms with Gasteiger partial charge >= 0.3 is 0 Å². The summed E-state index contributed by atoms with van der Waals surface area (Å²) in [7, 11) is 7.57. The lowest BCUT2D eigenvalue weighted by atomic mass is 10.0. The van der Waals surface area contributed by atoms with E-state index >= 15 is 0 Å². The first-order valence-electron chi connectivity index (χ1n) is 6.83. The highest BCUT2D eigenvalue weighted by molar-refractivity contribution is 14.1. The smallest absolute Gasteiger partial charge is 0.0740 e. The quantitative estimate of drug-likeness (QED) is 0.512. The van der Waals surface area contributed by atoms with Crippen LogP contribution >= 0.6 is 22.6 Å². The summed E-state index contributed by atoms with van der Waals surface area (Å²) in [5.74, 6) is 0. The molecule has 1 N–H and O–H groups in total. The van der Waals surface area contributed by atoms with Crippen molar-refractivity contribution in [2.45, 2.75) is 26.2 Å². The van der Waals surface area contributed by atoms with E-state index in [4.69, 9.17) is 0 Å². The molecule has 0 aliphatic heterocycles. The lowest BCUT2D eigenvalue weighted by molar-refractivity contribution is 0.797. The zero-order chi connectivity index (χ0) is 14.3. The SMILES string of the molecule is CCCCc1c(I)c([Si])c([Si])c2[nH]c3ccccc3c12. The lowest BCUT2D eigenvalue weighted by Crippen LogP contribution is -2.30. The minimum Gasteiger partial charge on any atom is -0.355 e. The molecule has 0 aliphatic rings. The summed E-state index contributed by atoms with van der Waals surface area (Å²) >= 11 is 2.45. The predicted molar refractivity (Wildman–Crippen MR) is 97.9 cm³/mol. The van der Waals surface area contributed by atoms with Crippen LogP contribution in [0.25, 0.3) is 21.8 Å². The van der Waals surface area contributed by atoms with Crippen LogP contribution in [0.1, 0.15) is 25.3 Å². The van der Waals surface area contributed by atoms with E-state index in [0.717, 1.165) is 16.8 Å². The lowest BCUT2D eigenvalue weighted by Gasteiger charge is -2.13. The van der Waals surface area contributed by atoms with Gasteiger partial charge in [0.1, 0.15) is 0 Å². The molecule has 0 spiro atoms. The van der Waals surface area contributed by atoms with E-state index in [1.54, 1.807) is 0 Å². The number of hydrogen-bond acceptors (Lipinski definition) is 0. The summed E-state index contributed by atoms with van der Waals surface area (Å²) in [5.41, 5.74) is 3.85. The molecule has 0 saturated heterocycles. The minimum absolute atomic E-state index is 1.11. The first-order valence-corrected chi connectivity index (χ1v) is 8.91. The van der Waals surface area contributed by atoms with E-state index in [2.05, 4.69) is 79.2 Å². The Hall–Kier alpha value is -0.596. The number of benzene rings is 2. The van der Waals surface area contributed by atoms with Crippen molar-refractivity contribution in [3.8, 4) is 0 Å². The first-order chi connectivity index (χ1) is 9.65. The molecule has 20 heavy (non-hydrogen) atoms. The minimum atomic E-state index is 1.11. The number of halogens is 1. The van der Waals surface area contributed by atoms with Gasteiger partial charge in [0.2, 0.25) is 0 Å². The molecule has 6 radical (unpaired) electrons. The average molecular weight is 403 g/mol. The predicted octanol–water partition coefficient (Wildman–Crippen LogP) is 2.86. The normalized spacial score (nSPS) is 11.6. The van der Waals surface area contributed by atoms with Crippen molar-refractivity contribution >= 4 is 75.3 Å². The Morgan fingerprint density at radius 3 is 2.65 bits per heavy atom. The fraction of sp³-hybridized carbons (Fsp3) is 0.250. The molecule has 3 rings (SSSR count). The van der Waals surface area contributed by atoms with Gasteiger partial charge in [0.15, 0.2) is 0 Å². The molecule has 2 aromatic carbocycles. The molecule has 4 heteroatoms. The van der Waals surface area contributed by atoms with Crippen LogP contribution in [-0.2, 0) is 6.42 Å². The van der Waals surface area contributed by atoms with Crippen molar-refractivity contribution in [2.75, 3.05) is 0 Å². The molecule has 0 aliphatic carbocycles. The topological polar surface area (TPSA) is 15.8 Å². The second-order valence-corrected chi connectivity index (χ2v) is 7.15. The Bertz CT molecular complexity index is 792. The van der Waals surface area contributed by atoms with Gasteiger partial charge in [-0.25, -0.2) is 0 Å². The Morgan fingerprint density at radius 2 is 1.90 bits per heavy atom. The van der Waals surface area contributed by atoms with Crippen LogP contribution in [-0.4, -0.2) is 25.5 Å². The molecule has 0 atom stereocenters. The number of hydrogen-bond donors (Lipinski definition) is 1. The Kier molecular flexibility index (Phi) is 4.05. The van der Waals surface area contributed by atoms with Crippen molar-refractivity contribution in [1.29, 1.82) is 0 Å². The molecule has 1 aromatic heterocycles. The highest BCUT2D eigenvalue weighted by Gasteiger charge is 2.16. The summed E-state index contributed by atoms with van der Waals surface area (Å²) in [4.78, 5) is 3.55. The highest BCUT2D eigenvalue weighted by atomic mass is 127. The number of unbranched alkanes of at least 4 members (excludes halogenated alkanes) is 1. The van der Waals surface area contributed by atoms with Crippen molar-refractivity contribution in [3.05, 3.63) is 33.4 Å². The zero-order valence-electron chi connectivity index (χ0n) is 11.3. The van der Waals surface area contributed by atoms with Gasteiger partial charge < -0.3 is 4.98 Å². The van der Waals surface area contributed by atoms with Gasteiger partial charge in [-0.2, -0.15) is 0 Å². The molecule has 1 heterocycles. The van der Waals surface area contributed by atoms with Gasteiger partial charge in [-0.05, 0) is 52.2 Å². The van der Waals surface area contributed by atoms with Gasteiger partial charge in [0, 0.05) is 25.4 Å². The second kappa shape index (κ2) is 5.65. The number of aromatic nitrogens is 1. The van der Waals surface area contributed by atoms with Crippen LogP contribution in [0.3, 0.4) is 0 Å². The van der Waals surface area contributed by atoms with Crippen molar-refractivity contribution < 1.29 is 0 Å². The van der Waals surface area contributed by atoms with Crippen LogP contribution < -0.4 is 10.4 Å². The molecule has 0 amide bonds. The maximum Gasteiger partial charge on any atom is 0.0740 e. The zero-order valence-corrected chi connectivity index (χ0v) is 15.5. The molecule has 98 valence electrons. The number of fused-ring (bicyclic) bond motifs is 3. The Balaban J connectivity index is 2.44. The number of aryl methyl sites for hydroxylation is 1. The van der Waals surface area contributed by atoms with Crippen LogP contribution in [0.15, 0.2) is 24.3 Å². The van der Waals surface area contributed by atoms with Crippen molar-refractivity contribution in [1.82, 2.24) is 4.98 Å². The van der Waals surface area contributed by atoms with Crippen LogP contribution in [0.5, 0.6) is 0 Å². The summed E-state index contributed by atoms with van der Waals surface area (Å²) in [5, 5.41) is 4.94. The molecule has 1 nitrogen and oxygen atoms in total. The summed E-state index contributed by atoms with van der Waals surface area (Å²) < 4.78 is 1.31. The molecular formula is C16H14INSi2. The molecule has 0 fully saturated rings. The van der Waals surface area contributed by atoms with Crippen LogP contribution in [0, 0.1) is 3.57 Å². The number of rotatable bonds is 3. The van der Waals surface area contributed by atoms with E-state index in [0.29, 0.717) is 0 Å². The maximum absolute atomic E-state index is 3.78. The molecular weight excluding hydrogens is 389 g/mol. The van der Waals surface area contributed by atoms with Gasteiger partial charge in [-0.3, -0.25) is 0 Å². The van der Waals surface area contributed by atoms with E-state index in [1.807, 2.05) is 0 Å². The third kappa shape index (κ3) is 2.17. The molecule has 0 unspecified atom stereocenters. The number of nitrogens with one attached hydrogen (secondary N) is 1. The fourth-order valence-corrected chi connectivity index (χ4v) is 4.38. The van der Waals surface area contributed by atoms with Gasteiger partial charge in [0.25, 0.3) is 0 Å². The summed E-state index contributed by atoms with van der Waals surface area (Å²) in [6.45, 7) is 2.24. The second-order valence-electron chi connectivity index (χ2n) is 5.07. The van der Waals surface area contributed by atoms with E-state index < -0.39 is 0 Å². The van der Waals surface area contributed by atoms with E-state index in [9.17, 15) is 0 Å². The molecule has 3 aromatic rings. The van der Waals surface area contributed by atoms with Crippen LogP contribution in [0.4, 0.5) is 0 Å².